The Labute approximate surface area is 132 Å². The van der Waals surface area contributed by atoms with Gasteiger partial charge in [-0.1, -0.05) is 35.9 Å². The normalized spacial score (nSPS) is 12.0. The Balaban J connectivity index is 2.00. The molecular weight excluding hydrogens is 308 g/mol. The molecule has 1 aromatic heterocycles. The standard InChI is InChI=1S/C14H17ClN4OS/c1-4-12-18-19-14(21-12)17-13(20)9(3)16-11-7-5-6-10(15)8(11)2/h5-7,9,16H,4H2,1-3H3,(H,17,19,20)/t9-/m0/s1. The molecule has 0 spiro atoms. The number of nitrogens with one attached hydrogen (secondary N) is 2. The maximum atomic E-state index is 12.1. The molecule has 112 valence electrons. The Kier molecular flexibility index (Phi) is 5.14. The SMILES string of the molecule is CCc1nnc(NC(=O)[C@H](C)Nc2cccc(Cl)c2C)s1. The fourth-order valence-corrected chi connectivity index (χ4v) is 2.58. The topological polar surface area (TPSA) is 66.9 Å². The molecule has 0 aliphatic rings. The summed E-state index contributed by atoms with van der Waals surface area (Å²) < 4.78 is 0. The number of amides is 1. The van der Waals surface area contributed by atoms with Crippen molar-refractivity contribution < 1.29 is 4.79 Å². The van der Waals surface area contributed by atoms with Crippen LogP contribution in [0.15, 0.2) is 18.2 Å². The van der Waals surface area contributed by atoms with Crippen molar-refractivity contribution in [3.8, 4) is 0 Å². The highest BCUT2D eigenvalue weighted by Gasteiger charge is 2.16. The second-order valence-electron chi connectivity index (χ2n) is 4.62. The quantitative estimate of drug-likeness (QED) is 0.883. The molecule has 1 aromatic carbocycles. The van der Waals surface area contributed by atoms with Crippen LogP contribution in [0, 0.1) is 6.92 Å². The van der Waals surface area contributed by atoms with Crippen molar-refractivity contribution in [3.63, 3.8) is 0 Å². The number of anilines is 2. The molecule has 0 bridgehead atoms. The number of aromatic nitrogens is 2. The maximum Gasteiger partial charge on any atom is 0.248 e. The number of hydrogen-bond donors (Lipinski definition) is 2. The van der Waals surface area contributed by atoms with E-state index in [1.54, 1.807) is 6.92 Å². The average Bonchev–Trinajstić information content (AvgIpc) is 2.91. The first-order valence-corrected chi connectivity index (χ1v) is 7.85. The molecule has 0 aliphatic carbocycles. The molecule has 2 rings (SSSR count). The number of benzene rings is 1. The summed E-state index contributed by atoms with van der Waals surface area (Å²) in [6, 6.07) is 5.16. The van der Waals surface area contributed by atoms with E-state index in [4.69, 9.17) is 11.6 Å². The first-order chi connectivity index (χ1) is 10.0. The van der Waals surface area contributed by atoms with E-state index in [0.717, 1.165) is 22.7 Å². The van der Waals surface area contributed by atoms with Crippen LogP contribution in [-0.4, -0.2) is 22.1 Å². The maximum absolute atomic E-state index is 12.1. The van der Waals surface area contributed by atoms with Crippen molar-refractivity contribution in [2.75, 3.05) is 10.6 Å². The number of carbonyl (C=O) groups excluding carboxylic acids is 1. The highest BCUT2D eigenvalue weighted by Crippen LogP contribution is 2.23. The summed E-state index contributed by atoms with van der Waals surface area (Å²) in [4.78, 5) is 12.1. The van der Waals surface area contributed by atoms with Gasteiger partial charge in [-0.2, -0.15) is 0 Å². The lowest BCUT2D eigenvalue weighted by Crippen LogP contribution is -2.32. The molecule has 7 heteroatoms. The van der Waals surface area contributed by atoms with E-state index in [-0.39, 0.29) is 5.91 Å². The van der Waals surface area contributed by atoms with Crippen molar-refractivity contribution >= 4 is 39.7 Å². The third kappa shape index (κ3) is 3.92. The van der Waals surface area contributed by atoms with Crippen LogP contribution in [0.4, 0.5) is 10.8 Å². The predicted octanol–water partition coefficient (Wildman–Crippen LogP) is 3.50. The van der Waals surface area contributed by atoms with E-state index >= 15 is 0 Å². The summed E-state index contributed by atoms with van der Waals surface area (Å²) in [7, 11) is 0. The van der Waals surface area contributed by atoms with Gasteiger partial charge in [-0.25, -0.2) is 0 Å². The molecule has 0 unspecified atom stereocenters. The van der Waals surface area contributed by atoms with E-state index in [0.29, 0.717) is 10.2 Å². The van der Waals surface area contributed by atoms with Crippen LogP contribution in [0.5, 0.6) is 0 Å². The second kappa shape index (κ2) is 6.87. The Hall–Kier alpha value is -1.66. The summed E-state index contributed by atoms with van der Waals surface area (Å²) in [5.74, 6) is -0.159. The lowest BCUT2D eigenvalue weighted by molar-refractivity contribution is -0.116. The number of aryl methyl sites for hydroxylation is 1. The van der Waals surface area contributed by atoms with Crippen molar-refractivity contribution in [3.05, 3.63) is 33.8 Å². The molecule has 2 N–H and O–H groups in total. The monoisotopic (exact) mass is 324 g/mol. The van der Waals surface area contributed by atoms with Gasteiger partial charge < -0.3 is 5.32 Å². The van der Waals surface area contributed by atoms with E-state index in [1.807, 2.05) is 32.0 Å². The van der Waals surface area contributed by atoms with Gasteiger partial charge in [0.1, 0.15) is 11.0 Å². The molecule has 0 fully saturated rings. The fraction of sp³-hybridized carbons (Fsp3) is 0.357. The molecular formula is C14H17ClN4OS. The second-order valence-corrected chi connectivity index (χ2v) is 6.09. The molecule has 0 radical (unpaired) electrons. The minimum Gasteiger partial charge on any atom is -0.374 e. The minimum absolute atomic E-state index is 0.159. The lowest BCUT2D eigenvalue weighted by atomic mass is 10.2. The smallest absolute Gasteiger partial charge is 0.248 e. The third-order valence-corrected chi connectivity index (χ3v) is 4.42. The van der Waals surface area contributed by atoms with E-state index < -0.39 is 6.04 Å². The van der Waals surface area contributed by atoms with Crippen LogP contribution >= 0.6 is 22.9 Å². The van der Waals surface area contributed by atoms with E-state index in [9.17, 15) is 4.79 Å². The molecule has 2 aromatic rings. The number of halogens is 1. The Bertz CT molecular complexity index is 644. The third-order valence-electron chi connectivity index (χ3n) is 3.03. The molecule has 1 amide bonds. The summed E-state index contributed by atoms with van der Waals surface area (Å²) in [6.07, 6.45) is 0.809. The van der Waals surface area contributed by atoms with Crippen molar-refractivity contribution in [1.82, 2.24) is 10.2 Å². The van der Waals surface area contributed by atoms with Gasteiger partial charge >= 0.3 is 0 Å². The first kappa shape index (κ1) is 15.7. The molecule has 0 saturated heterocycles. The van der Waals surface area contributed by atoms with Crippen LogP contribution in [0.25, 0.3) is 0 Å². The lowest BCUT2D eigenvalue weighted by Gasteiger charge is -2.16. The van der Waals surface area contributed by atoms with Gasteiger partial charge in [0.25, 0.3) is 0 Å². The molecule has 5 nitrogen and oxygen atoms in total. The molecule has 21 heavy (non-hydrogen) atoms. The van der Waals surface area contributed by atoms with Crippen LogP contribution in [0.3, 0.4) is 0 Å². The Morgan fingerprint density at radius 2 is 2.19 bits per heavy atom. The van der Waals surface area contributed by atoms with Gasteiger partial charge in [-0.05, 0) is 38.0 Å². The number of carbonyl (C=O) groups is 1. The summed E-state index contributed by atoms with van der Waals surface area (Å²) in [5.41, 5.74) is 1.76. The average molecular weight is 325 g/mol. The molecule has 0 saturated carbocycles. The van der Waals surface area contributed by atoms with Crippen molar-refractivity contribution in [1.29, 1.82) is 0 Å². The summed E-state index contributed by atoms with van der Waals surface area (Å²) in [6.45, 7) is 5.70. The summed E-state index contributed by atoms with van der Waals surface area (Å²) >= 11 is 7.46. The Morgan fingerprint density at radius 1 is 1.43 bits per heavy atom. The molecule has 1 heterocycles. The highest BCUT2D eigenvalue weighted by molar-refractivity contribution is 7.15. The van der Waals surface area contributed by atoms with Crippen molar-refractivity contribution in [2.45, 2.75) is 33.2 Å². The van der Waals surface area contributed by atoms with Crippen LogP contribution in [0.2, 0.25) is 5.02 Å². The number of nitrogens with zero attached hydrogens (tertiary/aromatic N) is 2. The Morgan fingerprint density at radius 3 is 2.86 bits per heavy atom. The van der Waals surface area contributed by atoms with Gasteiger partial charge in [0.2, 0.25) is 11.0 Å². The van der Waals surface area contributed by atoms with Gasteiger partial charge in [0, 0.05) is 10.7 Å². The van der Waals surface area contributed by atoms with Crippen LogP contribution < -0.4 is 10.6 Å². The zero-order valence-electron chi connectivity index (χ0n) is 12.1. The number of rotatable bonds is 5. The molecule has 0 aliphatic heterocycles. The minimum atomic E-state index is -0.406. The number of hydrogen-bond acceptors (Lipinski definition) is 5. The highest BCUT2D eigenvalue weighted by atomic mass is 35.5. The van der Waals surface area contributed by atoms with Gasteiger partial charge in [-0.3, -0.25) is 10.1 Å². The fourth-order valence-electron chi connectivity index (χ4n) is 1.72. The first-order valence-electron chi connectivity index (χ1n) is 6.66. The van der Waals surface area contributed by atoms with Gasteiger partial charge in [-0.15, -0.1) is 10.2 Å². The van der Waals surface area contributed by atoms with Crippen molar-refractivity contribution in [2.24, 2.45) is 0 Å². The molecule has 1 atom stereocenters. The van der Waals surface area contributed by atoms with Crippen LogP contribution in [0.1, 0.15) is 24.4 Å². The van der Waals surface area contributed by atoms with Gasteiger partial charge in [0.15, 0.2) is 0 Å². The zero-order valence-corrected chi connectivity index (χ0v) is 13.7. The summed E-state index contributed by atoms with van der Waals surface area (Å²) in [5, 5.41) is 15.9. The van der Waals surface area contributed by atoms with Crippen LogP contribution in [-0.2, 0) is 11.2 Å². The van der Waals surface area contributed by atoms with E-state index in [2.05, 4.69) is 20.8 Å². The largest absolute Gasteiger partial charge is 0.374 e. The van der Waals surface area contributed by atoms with Gasteiger partial charge in [0.05, 0.1) is 0 Å². The predicted molar refractivity (Wildman–Crippen MR) is 87.2 cm³/mol. The van der Waals surface area contributed by atoms with E-state index in [1.165, 1.54) is 11.3 Å². The zero-order chi connectivity index (χ0) is 15.4.